The fraction of sp³-hybridized carbons (Fsp3) is 0.133. The first-order chi connectivity index (χ1) is 9.26. The number of hydrogen-bond donors (Lipinski definition) is 0. The molecule has 0 unspecified atom stereocenters. The van der Waals surface area contributed by atoms with Crippen LogP contribution in [0.1, 0.15) is 11.1 Å². The molecule has 2 rings (SSSR count). The second-order valence-corrected chi connectivity index (χ2v) is 3.93. The van der Waals surface area contributed by atoms with Crippen LogP contribution >= 0.6 is 0 Å². The van der Waals surface area contributed by atoms with Crippen molar-refractivity contribution in [3.63, 3.8) is 0 Å². The van der Waals surface area contributed by atoms with E-state index in [0.717, 1.165) is 16.8 Å². The van der Waals surface area contributed by atoms with E-state index in [1.54, 1.807) is 0 Å². The number of pyridine rings is 1. The molecule has 1 aromatic heterocycles. The van der Waals surface area contributed by atoms with Gasteiger partial charge in [0, 0.05) is 5.56 Å². The predicted octanol–water partition coefficient (Wildman–Crippen LogP) is 2.83. The molecule has 4 heteroatoms. The first kappa shape index (κ1) is 12.6. The smallest absolute Gasteiger partial charge is 0.233 e. The lowest BCUT2D eigenvalue weighted by atomic mass is 10.1. The molecule has 92 valence electrons. The highest BCUT2D eigenvalue weighted by Crippen LogP contribution is 2.26. The van der Waals surface area contributed by atoms with Gasteiger partial charge in [0.25, 0.3) is 0 Å². The molecular weight excluding hydrogens is 238 g/mol. The molecule has 1 heterocycles. The third-order valence-corrected chi connectivity index (χ3v) is 2.64. The number of aryl methyl sites for hydroxylation is 1. The number of rotatable bonds is 3. The van der Waals surface area contributed by atoms with Crippen molar-refractivity contribution in [1.29, 1.82) is 10.5 Å². The van der Waals surface area contributed by atoms with Crippen LogP contribution in [0.3, 0.4) is 0 Å². The van der Waals surface area contributed by atoms with Crippen molar-refractivity contribution in [3.05, 3.63) is 47.5 Å². The van der Waals surface area contributed by atoms with Crippen LogP contribution in [-0.2, 0) is 0 Å². The average molecular weight is 249 g/mol. The van der Waals surface area contributed by atoms with Crippen LogP contribution in [0.25, 0.3) is 11.3 Å². The Morgan fingerprint density at radius 3 is 2.58 bits per heavy atom. The van der Waals surface area contributed by atoms with Gasteiger partial charge < -0.3 is 4.74 Å². The summed E-state index contributed by atoms with van der Waals surface area (Å²) in [7, 11) is 0. The van der Waals surface area contributed by atoms with Crippen LogP contribution in [0.5, 0.6) is 5.88 Å². The molecule has 0 saturated heterocycles. The largest absolute Gasteiger partial charge is 0.461 e. The van der Waals surface area contributed by atoms with Crippen molar-refractivity contribution in [3.8, 4) is 29.3 Å². The Hall–Kier alpha value is -2.85. The van der Waals surface area contributed by atoms with Gasteiger partial charge in [-0.3, -0.25) is 0 Å². The van der Waals surface area contributed by atoms with Crippen molar-refractivity contribution in [1.82, 2.24) is 4.98 Å². The van der Waals surface area contributed by atoms with Crippen molar-refractivity contribution >= 4 is 0 Å². The minimum Gasteiger partial charge on any atom is -0.461 e. The fourth-order valence-electron chi connectivity index (χ4n) is 1.74. The molecule has 0 radical (unpaired) electrons. The SMILES string of the molecule is Cc1cc(-c2ccccc2)nc(OCC#N)c1C#N. The van der Waals surface area contributed by atoms with E-state index in [2.05, 4.69) is 11.1 Å². The molecule has 4 nitrogen and oxygen atoms in total. The molecule has 19 heavy (non-hydrogen) atoms. The van der Waals surface area contributed by atoms with Crippen LogP contribution in [0.15, 0.2) is 36.4 Å². The van der Waals surface area contributed by atoms with Gasteiger partial charge in [-0.2, -0.15) is 10.5 Å². The predicted molar refractivity (Wildman–Crippen MR) is 70.2 cm³/mol. The molecule has 1 aromatic carbocycles. The van der Waals surface area contributed by atoms with Crippen LogP contribution in [0.2, 0.25) is 0 Å². The zero-order valence-corrected chi connectivity index (χ0v) is 10.4. The molecule has 0 saturated carbocycles. The van der Waals surface area contributed by atoms with Gasteiger partial charge in [0.05, 0.1) is 5.69 Å². The number of hydrogen-bond acceptors (Lipinski definition) is 4. The van der Waals surface area contributed by atoms with E-state index in [4.69, 9.17) is 15.3 Å². The average Bonchev–Trinajstić information content (AvgIpc) is 2.45. The van der Waals surface area contributed by atoms with E-state index >= 15 is 0 Å². The Labute approximate surface area is 111 Å². The van der Waals surface area contributed by atoms with Crippen LogP contribution in [0, 0.1) is 29.6 Å². The molecule has 0 bridgehead atoms. The number of ether oxygens (including phenoxy) is 1. The van der Waals surface area contributed by atoms with Gasteiger partial charge in [-0.1, -0.05) is 30.3 Å². The lowest BCUT2D eigenvalue weighted by molar-refractivity contribution is 0.352. The third-order valence-electron chi connectivity index (χ3n) is 2.64. The van der Waals surface area contributed by atoms with E-state index in [1.807, 2.05) is 49.4 Å². The van der Waals surface area contributed by atoms with Crippen LogP contribution in [-0.4, -0.2) is 11.6 Å². The summed E-state index contributed by atoms with van der Waals surface area (Å²) in [5, 5.41) is 17.7. The summed E-state index contributed by atoms with van der Waals surface area (Å²) in [5.41, 5.74) is 2.82. The summed E-state index contributed by atoms with van der Waals surface area (Å²) < 4.78 is 5.23. The van der Waals surface area contributed by atoms with Gasteiger partial charge in [0.2, 0.25) is 5.88 Å². The van der Waals surface area contributed by atoms with E-state index in [9.17, 15) is 0 Å². The molecular formula is C15H11N3O. The molecule has 2 aromatic rings. The van der Waals surface area contributed by atoms with Gasteiger partial charge in [-0.05, 0) is 18.6 Å². The zero-order valence-electron chi connectivity index (χ0n) is 10.4. The van der Waals surface area contributed by atoms with Gasteiger partial charge in [-0.15, -0.1) is 0 Å². The highest BCUT2D eigenvalue weighted by molar-refractivity contribution is 5.63. The summed E-state index contributed by atoms with van der Waals surface area (Å²) in [5.74, 6) is 0.211. The van der Waals surface area contributed by atoms with Crippen LogP contribution in [0.4, 0.5) is 0 Å². The van der Waals surface area contributed by atoms with Crippen molar-refractivity contribution in [2.45, 2.75) is 6.92 Å². The Kier molecular flexibility index (Phi) is 3.75. The molecule has 0 aliphatic heterocycles. The van der Waals surface area contributed by atoms with Crippen LogP contribution < -0.4 is 4.74 Å². The number of nitriles is 2. The molecule has 0 aliphatic carbocycles. The normalized spacial score (nSPS) is 9.42. The van der Waals surface area contributed by atoms with E-state index < -0.39 is 0 Å². The van der Waals surface area contributed by atoms with E-state index in [1.165, 1.54) is 0 Å². The highest BCUT2D eigenvalue weighted by Gasteiger charge is 2.12. The summed E-state index contributed by atoms with van der Waals surface area (Å²) in [6.07, 6.45) is 0. The Morgan fingerprint density at radius 1 is 1.21 bits per heavy atom. The summed E-state index contributed by atoms with van der Waals surface area (Å²) in [4.78, 5) is 4.32. The Morgan fingerprint density at radius 2 is 1.95 bits per heavy atom. The zero-order chi connectivity index (χ0) is 13.7. The number of nitrogens with zero attached hydrogens (tertiary/aromatic N) is 3. The van der Waals surface area contributed by atoms with Gasteiger partial charge in [0.15, 0.2) is 6.61 Å². The lowest BCUT2D eigenvalue weighted by Gasteiger charge is -2.09. The van der Waals surface area contributed by atoms with Crippen molar-refractivity contribution in [2.75, 3.05) is 6.61 Å². The third kappa shape index (κ3) is 2.70. The summed E-state index contributed by atoms with van der Waals surface area (Å²) in [6.45, 7) is 1.70. The molecule has 0 fully saturated rings. The molecule has 0 amide bonds. The molecule has 0 atom stereocenters. The topological polar surface area (TPSA) is 69.7 Å². The Balaban J connectivity index is 2.52. The van der Waals surface area contributed by atoms with E-state index in [0.29, 0.717) is 5.56 Å². The minimum absolute atomic E-state index is 0.126. The standard InChI is InChI=1S/C15H11N3O/c1-11-9-14(12-5-3-2-4-6-12)18-15(13(11)10-17)19-8-7-16/h2-6,9H,8H2,1H3. The molecule has 0 N–H and O–H groups in total. The minimum atomic E-state index is -0.126. The second-order valence-electron chi connectivity index (χ2n) is 3.93. The summed E-state index contributed by atoms with van der Waals surface area (Å²) >= 11 is 0. The highest BCUT2D eigenvalue weighted by atomic mass is 16.5. The van der Waals surface area contributed by atoms with Crippen molar-refractivity contribution in [2.24, 2.45) is 0 Å². The Bertz CT molecular complexity index is 666. The first-order valence-electron chi connectivity index (χ1n) is 5.73. The van der Waals surface area contributed by atoms with Gasteiger partial charge >= 0.3 is 0 Å². The van der Waals surface area contributed by atoms with Crippen molar-refractivity contribution < 1.29 is 4.74 Å². The quantitative estimate of drug-likeness (QED) is 0.838. The number of benzene rings is 1. The number of aromatic nitrogens is 1. The van der Waals surface area contributed by atoms with E-state index in [-0.39, 0.29) is 12.5 Å². The lowest BCUT2D eigenvalue weighted by Crippen LogP contribution is -2.01. The molecule has 0 spiro atoms. The maximum atomic E-state index is 9.11. The maximum absolute atomic E-state index is 9.11. The van der Waals surface area contributed by atoms with Gasteiger partial charge in [0.1, 0.15) is 17.7 Å². The van der Waals surface area contributed by atoms with Gasteiger partial charge in [-0.25, -0.2) is 4.98 Å². The monoisotopic (exact) mass is 249 g/mol. The fourth-order valence-corrected chi connectivity index (χ4v) is 1.74. The maximum Gasteiger partial charge on any atom is 0.233 e. The molecule has 0 aliphatic rings. The summed E-state index contributed by atoms with van der Waals surface area (Å²) in [6, 6.07) is 15.4. The first-order valence-corrected chi connectivity index (χ1v) is 5.73. The second kappa shape index (κ2) is 5.66.